The van der Waals surface area contributed by atoms with Crippen molar-refractivity contribution >= 4 is 22.6 Å². The van der Waals surface area contributed by atoms with E-state index in [0.717, 1.165) is 30.7 Å². The van der Waals surface area contributed by atoms with Crippen molar-refractivity contribution in [2.45, 2.75) is 20.8 Å². The summed E-state index contributed by atoms with van der Waals surface area (Å²) in [6.07, 6.45) is 1.54. The van der Waals surface area contributed by atoms with Gasteiger partial charge >= 0.3 is 6.03 Å². The fourth-order valence-corrected chi connectivity index (χ4v) is 2.53. The second-order valence-electron chi connectivity index (χ2n) is 5.44. The Morgan fingerprint density at radius 3 is 2.70 bits per heavy atom. The lowest BCUT2D eigenvalue weighted by Crippen LogP contribution is -2.37. The van der Waals surface area contributed by atoms with Crippen molar-refractivity contribution in [3.63, 3.8) is 0 Å². The fraction of sp³-hybridized carbons (Fsp3) is 0.412. The van der Waals surface area contributed by atoms with Crippen molar-refractivity contribution in [3.05, 3.63) is 40.2 Å². The number of pyridine rings is 1. The van der Waals surface area contributed by atoms with Crippen LogP contribution in [0, 0.1) is 6.92 Å². The van der Waals surface area contributed by atoms with Gasteiger partial charge in [0.1, 0.15) is 5.69 Å². The van der Waals surface area contributed by atoms with E-state index in [2.05, 4.69) is 34.4 Å². The standard InChI is InChI=1S/C17H24N4O2/c1-4-21(5-2)10-9-18-17(23)20-14-11-19-15-12(3)7-6-8-13(15)16(14)22/h6-8,11H,4-5,9-10H2,1-3H3,(H,19,22)(H2,18,20,23). The zero-order valence-corrected chi connectivity index (χ0v) is 13.9. The summed E-state index contributed by atoms with van der Waals surface area (Å²) < 4.78 is 0. The molecule has 2 aromatic rings. The van der Waals surface area contributed by atoms with Crippen LogP contribution in [0.4, 0.5) is 10.5 Å². The van der Waals surface area contributed by atoms with Gasteiger partial charge in [-0.15, -0.1) is 0 Å². The number of hydrogen-bond donors (Lipinski definition) is 3. The molecule has 1 aromatic heterocycles. The van der Waals surface area contributed by atoms with Gasteiger partial charge in [0.25, 0.3) is 0 Å². The Morgan fingerprint density at radius 2 is 2.00 bits per heavy atom. The normalized spacial score (nSPS) is 11.0. The minimum Gasteiger partial charge on any atom is -0.359 e. The van der Waals surface area contributed by atoms with Gasteiger partial charge in [-0.3, -0.25) is 4.79 Å². The number of anilines is 1. The molecule has 2 rings (SSSR count). The molecule has 0 saturated heterocycles. The van der Waals surface area contributed by atoms with E-state index in [4.69, 9.17) is 0 Å². The Kier molecular flexibility index (Phi) is 5.76. The van der Waals surface area contributed by atoms with Crippen LogP contribution in [-0.4, -0.2) is 42.1 Å². The number of hydrogen-bond acceptors (Lipinski definition) is 3. The maximum atomic E-state index is 12.4. The molecule has 6 heteroatoms. The number of aryl methyl sites for hydroxylation is 1. The molecule has 0 aliphatic heterocycles. The number of H-pyrrole nitrogens is 1. The van der Waals surface area contributed by atoms with Gasteiger partial charge in [0.2, 0.25) is 5.43 Å². The van der Waals surface area contributed by atoms with E-state index >= 15 is 0 Å². The van der Waals surface area contributed by atoms with Gasteiger partial charge in [0.05, 0.1) is 5.52 Å². The number of nitrogens with one attached hydrogen (secondary N) is 3. The van der Waals surface area contributed by atoms with Gasteiger partial charge < -0.3 is 20.5 Å². The van der Waals surface area contributed by atoms with Gasteiger partial charge in [-0.25, -0.2) is 4.79 Å². The monoisotopic (exact) mass is 316 g/mol. The number of urea groups is 1. The van der Waals surface area contributed by atoms with Crippen LogP contribution in [0.3, 0.4) is 0 Å². The number of fused-ring (bicyclic) bond motifs is 1. The number of nitrogens with zero attached hydrogens (tertiary/aromatic N) is 1. The number of carbonyl (C=O) groups is 1. The second kappa shape index (κ2) is 7.78. The third kappa shape index (κ3) is 4.10. The highest BCUT2D eigenvalue weighted by Gasteiger charge is 2.09. The van der Waals surface area contributed by atoms with Crippen LogP contribution < -0.4 is 16.1 Å². The average Bonchev–Trinajstić information content (AvgIpc) is 2.55. The molecule has 0 aliphatic rings. The zero-order valence-electron chi connectivity index (χ0n) is 13.9. The Morgan fingerprint density at radius 1 is 1.26 bits per heavy atom. The SMILES string of the molecule is CCN(CC)CCNC(=O)Nc1c[nH]c2c(C)cccc2c1=O. The predicted molar refractivity (Wildman–Crippen MR) is 94.1 cm³/mol. The molecule has 6 nitrogen and oxygen atoms in total. The van der Waals surface area contributed by atoms with E-state index < -0.39 is 0 Å². The van der Waals surface area contributed by atoms with Crippen LogP contribution in [0.15, 0.2) is 29.2 Å². The lowest BCUT2D eigenvalue weighted by atomic mass is 10.1. The van der Waals surface area contributed by atoms with Crippen molar-refractivity contribution in [2.24, 2.45) is 0 Å². The largest absolute Gasteiger partial charge is 0.359 e. The van der Waals surface area contributed by atoms with Crippen molar-refractivity contribution in [3.8, 4) is 0 Å². The molecule has 124 valence electrons. The number of likely N-dealkylation sites (N-methyl/N-ethyl adjacent to an activating group) is 1. The third-order valence-corrected chi connectivity index (χ3v) is 3.98. The maximum Gasteiger partial charge on any atom is 0.319 e. The minimum atomic E-state index is -0.366. The summed E-state index contributed by atoms with van der Waals surface area (Å²) in [5.74, 6) is 0. The number of benzene rings is 1. The van der Waals surface area contributed by atoms with E-state index in [-0.39, 0.29) is 17.1 Å². The summed E-state index contributed by atoms with van der Waals surface area (Å²) in [5, 5.41) is 5.97. The summed E-state index contributed by atoms with van der Waals surface area (Å²) in [4.78, 5) is 29.6. The molecule has 1 heterocycles. The number of rotatable bonds is 6. The molecule has 1 aromatic carbocycles. The van der Waals surface area contributed by atoms with Gasteiger partial charge in [0.15, 0.2) is 0 Å². The smallest absolute Gasteiger partial charge is 0.319 e. The van der Waals surface area contributed by atoms with Crippen molar-refractivity contribution < 1.29 is 4.79 Å². The highest BCUT2D eigenvalue weighted by atomic mass is 16.2. The molecule has 0 aliphatic carbocycles. The van der Waals surface area contributed by atoms with E-state index in [1.165, 1.54) is 0 Å². The van der Waals surface area contributed by atoms with Gasteiger partial charge in [0, 0.05) is 24.7 Å². The second-order valence-corrected chi connectivity index (χ2v) is 5.44. The van der Waals surface area contributed by atoms with Gasteiger partial charge in [-0.1, -0.05) is 26.0 Å². The fourth-order valence-electron chi connectivity index (χ4n) is 2.53. The first-order chi connectivity index (χ1) is 11.1. The van der Waals surface area contributed by atoms with E-state index in [9.17, 15) is 9.59 Å². The molecular formula is C17H24N4O2. The number of para-hydroxylation sites is 1. The van der Waals surface area contributed by atoms with Crippen LogP contribution in [0.1, 0.15) is 19.4 Å². The average molecular weight is 316 g/mol. The molecule has 3 N–H and O–H groups in total. The van der Waals surface area contributed by atoms with Crippen molar-refractivity contribution in [2.75, 3.05) is 31.5 Å². The van der Waals surface area contributed by atoms with Gasteiger partial charge in [-0.05, 0) is 31.6 Å². The lowest BCUT2D eigenvalue weighted by Gasteiger charge is -2.18. The van der Waals surface area contributed by atoms with Crippen LogP contribution in [0.2, 0.25) is 0 Å². The molecule has 0 radical (unpaired) electrons. The van der Waals surface area contributed by atoms with Gasteiger partial charge in [-0.2, -0.15) is 0 Å². The zero-order chi connectivity index (χ0) is 16.8. The molecule has 0 fully saturated rings. The van der Waals surface area contributed by atoms with Crippen LogP contribution in [-0.2, 0) is 0 Å². The number of aromatic nitrogens is 1. The Balaban J connectivity index is 2.03. The van der Waals surface area contributed by atoms with E-state index in [1.54, 1.807) is 12.3 Å². The number of amides is 2. The van der Waals surface area contributed by atoms with E-state index in [0.29, 0.717) is 11.9 Å². The first-order valence-corrected chi connectivity index (χ1v) is 7.95. The molecule has 2 amide bonds. The molecule has 0 unspecified atom stereocenters. The Labute approximate surface area is 135 Å². The quantitative estimate of drug-likeness (QED) is 0.765. The predicted octanol–water partition coefficient (Wildman–Crippen LogP) is 2.30. The third-order valence-electron chi connectivity index (χ3n) is 3.98. The van der Waals surface area contributed by atoms with Crippen LogP contribution in [0.25, 0.3) is 10.9 Å². The first-order valence-electron chi connectivity index (χ1n) is 7.95. The molecule has 23 heavy (non-hydrogen) atoms. The summed E-state index contributed by atoms with van der Waals surface area (Å²) >= 11 is 0. The summed E-state index contributed by atoms with van der Waals surface area (Å²) in [5.41, 5.74) is 1.87. The maximum absolute atomic E-state index is 12.4. The van der Waals surface area contributed by atoms with Crippen LogP contribution >= 0.6 is 0 Å². The van der Waals surface area contributed by atoms with Crippen molar-refractivity contribution in [1.82, 2.24) is 15.2 Å². The number of aromatic amines is 1. The summed E-state index contributed by atoms with van der Waals surface area (Å²) in [6.45, 7) is 9.32. The summed E-state index contributed by atoms with van der Waals surface area (Å²) in [6, 6.07) is 5.16. The Hall–Kier alpha value is -2.34. The highest BCUT2D eigenvalue weighted by Crippen LogP contribution is 2.14. The topological polar surface area (TPSA) is 77.2 Å². The lowest BCUT2D eigenvalue weighted by molar-refractivity contribution is 0.248. The Bertz CT molecular complexity index is 735. The van der Waals surface area contributed by atoms with Crippen LogP contribution in [0.5, 0.6) is 0 Å². The van der Waals surface area contributed by atoms with E-state index in [1.807, 2.05) is 19.1 Å². The number of carbonyl (C=O) groups excluding carboxylic acids is 1. The first kappa shape index (κ1) is 17.0. The van der Waals surface area contributed by atoms with Crippen molar-refractivity contribution in [1.29, 1.82) is 0 Å². The molecule has 0 spiro atoms. The minimum absolute atomic E-state index is 0.179. The summed E-state index contributed by atoms with van der Waals surface area (Å²) in [7, 11) is 0. The molecule has 0 saturated carbocycles. The molecular weight excluding hydrogens is 292 g/mol. The molecule has 0 atom stereocenters. The molecule has 0 bridgehead atoms. The highest BCUT2D eigenvalue weighted by molar-refractivity contribution is 5.92.